The average Bonchev–Trinajstić information content (AvgIpc) is 2.29. The molecule has 1 aromatic rings. The molecule has 0 radical (unpaired) electrons. The molecule has 0 fully saturated rings. The number of rotatable bonds is 2. The molecule has 0 heterocycles. The second kappa shape index (κ2) is 5.36. The Kier molecular flexibility index (Phi) is 3.86. The smallest absolute Gasteiger partial charge is 0.337 e. The predicted molar refractivity (Wildman–Crippen MR) is 57.8 cm³/mol. The minimum absolute atomic E-state index is 0.00619. The number of nitrogens with two attached hydrogens (primary N) is 1. The molecule has 0 spiro atoms. The van der Waals surface area contributed by atoms with Crippen LogP contribution in [0.3, 0.4) is 0 Å². The van der Waals surface area contributed by atoms with E-state index in [0.29, 0.717) is 11.3 Å². The highest BCUT2D eigenvalue weighted by atomic mass is 16.5. The van der Waals surface area contributed by atoms with Gasteiger partial charge in [0.1, 0.15) is 0 Å². The molecule has 0 saturated heterocycles. The molecule has 0 atom stereocenters. The third-order valence-electron chi connectivity index (χ3n) is 1.72. The lowest BCUT2D eigenvalue weighted by molar-refractivity contribution is 0.0601. The summed E-state index contributed by atoms with van der Waals surface area (Å²) >= 11 is 0. The van der Waals surface area contributed by atoms with Gasteiger partial charge >= 0.3 is 5.97 Å². The van der Waals surface area contributed by atoms with E-state index in [4.69, 9.17) is 11.0 Å². The molecule has 82 valence electrons. The second-order valence-corrected chi connectivity index (χ2v) is 2.77. The Hall–Kier alpha value is -2.55. The van der Waals surface area contributed by atoms with Crippen LogP contribution < -0.4 is 11.1 Å². The van der Waals surface area contributed by atoms with Crippen molar-refractivity contribution in [2.24, 2.45) is 10.7 Å². The fourth-order valence-corrected chi connectivity index (χ4v) is 1.01. The van der Waals surface area contributed by atoms with E-state index in [1.54, 1.807) is 30.5 Å². The highest BCUT2D eigenvalue weighted by molar-refractivity contribution is 5.90. The molecule has 0 aliphatic heterocycles. The van der Waals surface area contributed by atoms with E-state index in [2.05, 4.69) is 15.0 Å². The summed E-state index contributed by atoms with van der Waals surface area (Å²) in [6.45, 7) is 0. The maximum atomic E-state index is 11.1. The van der Waals surface area contributed by atoms with Crippen LogP contribution in [0.5, 0.6) is 0 Å². The Balaban J connectivity index is 2.84. The summed E-state index contributed by atoms with van der Waals surface area (Å²) in [5, 5.41) is 10.5. The molecular weight excluding hydrogens is 208 g/mol. The minimum atomic E-state index is -0.418. The summed E-state index contributed by atoms with van der Waals surface area (Å²) in [5.74, 6) is -0.424. The van der Waals surface area contributed by atoms with Crippen LogP contribution in [-0.4, -0.2) is 19.0 Å². The van der Waals surface area contributed by atoms with Gasteiger partial charge < -0.3 is 10.5 Å². The maximum Gasteiger partial charge on any atom is 0.337 e. The van der Waals surface area contributed by atoms with Gasteiger partial charge in [-0.05, 0) is 24.3 Å². The van der Waals surface area contributed by atoms with Crippen LogP contribution in [-0.2, 0) is 4.74 Å². The van der Waals surface area contributed by atoms with Crippen molar-refractivity contribution in [3.8, 4) is 6.19 Å². The van der Waals surface area contributed by atoms with E-state index in [1.165, 1.54) is 7.11 Å². The molecule has 0 amide bonds. The summed E-state index contributed by atoms with van der Waals surface area (Å²) < 4.78 is 4.54. The first-order valence-electron chi connectivity index (χ1n) is 4.35. The third-order valence-corrected chi connectivity index (χ3v) is 1.72. The first kappa shape index (κ1) is 11.5. The standard InChI is InChI=1S/C10H10N4O2/c1-16-9(15)7-2-4-8(5-3-7)14-10(12)13-6-11/h2-5H,1H3,(H3,12,13,14). The SMILES string of the molecule is COC(=O)c1ccc(N=C(N)NC#N)cc1. The number of hydrogen-bond acceptors (Lipinski definition) is 4. The van der Waals surface area contributed by atoms with E-state index in [9.17, 15) is 4.79 Å². The highest BCUT2D eigenvalue weighted by Gasteiger charge is 2.03. The zero-order chi connectivity index (χ0) is 12.0. The Morgan fingerprint density at radius 2 is 2.12 bits per heavy atom. The summed E-state index contributed by atoms with van der Waals surface area (Å²) in [4.78, 5) is 15.0. The number of nitriles is 1. The lowest BCUT2D eigenvalue weighted by Gasteiger charge is -2.00. The van der Waals surface area contributed by atoms with Gasteiger partial charge in [0.05, 0.1) is 18.4 Å². The molecule has 16 heavy (non-hydrogen) atoms. The molecule has 0 aliphatic rings. The van der Waals surface area contributed by atoms with Gasteiger partial charge in [-0.15, -0.1) is 0 Å². The maximum absolute atomic E-state index is 11.1. The summed E-state index contributed by atoms with van der Waals surface area (Å²) in [6, 6.07) is 6.31. The van der Waals surface area contributed by atoms with Crippen molar-refractivity contribution in [3.05, 3.63) is 29.8 Å². The van der Waals surface area contributed by atoms with Crippen LogP contribution in [0.4, 0.5) is 5.69 Å². The number of methoxy groups -OCH3 is 1. The lowest BCUT2D eigenvalue weighted by Crippen LogP contribution is -2.26. The lowest BCUT2D eigenvalue weighted by atomic mass is 10.2. The topological polar surface area (TPSA) is 100 Å². The van der Waals surface area contributed by atoms with Crippen LogP contribution in [0, 0.1) is 11.5 Å². The second-order valence-electron chi connectivity index (χ2n) is 2.77. The highest BCUT2D eigenvalue weighted by Crippen LogP contribution is 2.13. The van der Waals surface area contributed by atoms with Gasteiger partial charge in [-0.2, -0.15) is 5.26 Å². The number of carbonyl (C=O) groups is 1. The first-order chi connectivity index (χ1) is 7.67. The monoisotopic (exact) mass is 218 g/mol. The summed E-state index contributed by atoms with van der Waals surface area (Å²) in [5.41, 5.74) is 6.32. The quantitative estimate of drug-likeness (QED) is 0.247. The molecule has 0 bridgehead atoms. The molecule has 0 unspecified atom stereocenters. The van der Waals surface area contributed by atoms with Gasteiger partial charge in [-0.25, -0.2) is 9.79 Å². The van der Waals surface area contributed by atoms with Crippen LogP contribution >= 0.6 is 0 Å². The third kappa shape index (κ3) is 2.99. The van der Waals surface area contributed by atoms with Crippen molar-refractivity contribution < 1.29 is 9.53 Å². The van der Waals surface area contributed by atoms with Crippen molar-refractivity contribution in [2.45, 2.75) is 0 Å². The molecule has 0 saturated carbocycles. The molecule has 6 heteroatoms. The normalized spacial score (nSPS) is 10.4. The largest absolute Gasteiger partial charge is 0.465 e. The van der Waals surface area contributed by atoms with E-state index >= 15 is 0 Å². The molecule has 6 nitrogen and oxygen atoms in total. The first-order valence-corrected chi connectivity index (χ1v) is 4.35. The van der Waals surface area contributed by atoms with Crippen LogP contribution in [0.15, 0.2) is 29.3 Å². The van der Waals surface area contributed by atoms with Crippen molar-refractivity contribution >= 4 is 17.6 Å². The van der Waals surface area contributed by atoms with E-state index in [-0.39, 0.29) is 5.96 Å². The van der Waals surface area contributed by atoms with Crippen molar-refractivity contribution in [2.75, 3.05) is 7.11 Å². The molecular formula is C10H10N4O2. The number of nitrogens with zero attached hydrogens (tertiary/aromatic N) is 2. The number of aliphatic imine (C=N–C) groups is 1. The van der Waals surface area contributed by atoms with Gasteiger partial charge in [0, 0.05) is 0 Å². The van der Waals surface area contributed by atoms with Gasteiger partial charge in [0.15, 0.2) is 6.19 Å². The number of nitrogens with one attached hydrogen (secondary N) is 1. The number of ether oxygens (including phenoxy) is 1. The average molecular weight is 218 g/mol. The van der Waals surface area contributed by atoms with Crippen molar-refractivity contribution in [1.82, 2.24) is 5.32 Å². The van der Waals surface area contributed by atoms with Gasteiger partial charge in [-0.1, -0.05) is 0 Å². The van der Waals surface area contributed by atoms with Crippen LogP contribution in [0.2, 0.25) is 0 Å². The predicted octanol–water partition coefficient (Wildman–Crippen LogP) is 0.490. The van der Waals surface area contributed by atoms with E-state index < -0.39 is 5.97 Å². The fourth-order valence-electron chi connectivity index (χ4n) is 1.01. The number of hydrogen-bond donors (Lipinski definition) is 2. The fraction of sp³-hybridized carbons (Fsp3) is 0.100. The van der Waals surface area contributed by atoms with Crippen molar-refractivity contribution in [1.29, 1.82) is 5.26 Å². The Morgan fingerprint density at radius 1 is 1.50 bits per heavy atom. The van der Waals surface area contributed by atoms with Gasteiger partial charge in [0.2, 0.25) is 5.96 Å². The number of carbonyl (C=O) groups excluding carboxylic acids is 1. The van der Waals surface area contributed by atoms with Gasteiger partial charge in [-0.3, -0.25) is 5.32 Å². The number of esters is 1. The summed E-state index contributed by atoms with van der Waals surface area (Å²) in [6.07, 6.45) is 1.65. The molecule has 1 rings (SSSR count). The zero-order valence-corrected chi connectivity index (χ0v) is 8.60. The van der Waals surface area contributed by atoms with E-state index in [0.717, 1.165) is 0 Å². The Bertz CT molecular complexity index is 445. The van der Waals surface area contributed by atoms with Crippen LogP contribution in [0.1, 0.15) is 10.4 Å². The zero-order valence-electron chi connectivity index (χ0n) is 8.60. The van der Waals surface area contributed by atoms with E-state index in [1.807, 2.05) is 0 Å². The Labute approximate surface area is 92.3 Å². The molecule has 0 aliphatic carbocycles. The number of guanidine groups is 1. The molecule has 3 N–H and O–H groups in total. The number of benzene rings is 1. The minimum Gasteiger partial charge on any atom is -0.465 e. The van der Waals surface area contributed by atoms with Crippen LogP contribution in [0.25, 0.3) is 0 Å². The molecule has 0 aromatic heterocycles. The molecule has 1 aromatic carbocycles. The summed E-state index contributed by atoms with van der Waals surface area (Å²) in [7, 11) is 1.31. The Morgan fingerprint density at radius 3 is 2.62 bits per heavy atom. The van der Waals surface area contributed by atoms with Gasteiger partial charge in [0.25, 0.3) is 0 Å². The van der Waals surface area contributed by atoms with Crippen molar-refractivity contribution in [3.63, 3.8) is 0 Å².